The van der Waals surface area contributed by atoms with Gasteiger partial charge in [-0.2, -0.15) is 0 Å². The van der Waals surface area contributed by atoms with Crippen molar-refractivity contribution in [1.82, 2.24) is 16.0 Å². The van der Waals surface area contributed by atoms with Gasteiger partial charge in [0.25, 0.3) is 11.8 Å². The molecule has 1 aliphatic heterocycles. The van der Waals surface area contributed by atoms with Crippen molar-refractivity contribution in [3.8, 4) is 0 Å². The zero-order chi connectivity index (χ0) is 16.3. The number of nitrogens with one attached hydrogen (secondary N) is 3. The summed E-state index contributed by atoms with van der Waals surface area (Å²) in [5, 5.41) is 7.56. The quantitative estimate of drug-likeness (QED) is 0.589. The summed E-state index contributed by atoms with van der Waals surface area (Å²) in [6, 6.07) is 6.08. The molecule has 7 nitrogen and oxygen atoms in total. The van der Waals surface area contributed by atoms with E-state index < -0.39 is 17.5 Å². The van der Waals surface area contributed by atoms with Gasteiger partial charge >= 0.3 is 6.03 Å². The van der Waals surface area contributed by atoms with E-state index >= 15 is 0 Å². The van der Waals surface area contributed by atoms with Gasteiger partial charge in [-0.25, -0.2) is 4.79 Å². The number of hydrogen-bond acceptors (Lipinski definition) is 4. The topological polar surface area (TPSA) is 113 Å². The van der Waals surface area contributed by atoms with Gasteiger partial charge in [0.05, 0.1) is 0 Å². The Morgan fingerprint density at radius 3 is 2.39 bits per heavy atom. The van der Waals surface area contributed by atoms with Gasteiger partial charge in [-0.3, -0.25) is 14.9 Å². The summed E-state index contributed by atoms with van der Waals surface area (Å²) in [6.45, 7) is 4.00. The van der Waals surface area contributed by atoms with Crippen LogP contribution in [0.1, 0.15) is 36.2 Å². The van der Waals surface area contributed by atoms with Crippen LogP contribution in [0.5, 0.6) is 0 Å². The number of rotatable bonds is 5. The lowest BCUT2D eigenvalue weighted by Gasteiger charge is -2.21. The summed E-state index contributed by atoms with van der Waals surface area (Å²) < 4.78 is 0. The molecule has 0 aliphatic carbocycles. The first-order valence-corrected chi connectivity index (χ1v) is 7.11. The van der Waals surface area contributed by atoms with Crippen molar-refractivity contribution in [2.45, 2.75) is 31.8 Å². The zero-order valence-electron chi connectivity index (χ0n) is 13.0. The molecule has 8 heteroatoms. The third-order valence-corrected chi connectivity index (χ3v) is 3.65. The number of amides is 4. The fourth-order valence-electron chi connectivity index (χ4n) is 2.22. The fraction of sp³-hybridized carbons (Fsp3) is 0.400. The molecule has 0 bridgehead atoms. The molecule has 2 rings (SSSR count). The van der Waals surface area contributed by atoms with Gasteiger partial charge in [0.1, 0.15) is 5.54 Å². The third-order valence-electron chi connectivity index (χ3n) is 3.65. The number of imide groups is 1. The van der Waals surface area contributed by atoms with E-state index in [9.17, 15) is 14.4 Å². The summed E-state index contributed by atoms with van der Waals surface area (Å²) in [4.78, 5) is 35.1. The lowest BCUT2D eigenvalue weighted by atomic mass is 9.91. The molecule has 126 valence electrons. The number of carbonyl (C=O) groups excluding carboxylic acids is 3. The molecule has 1 aliphatic rings. The van der Waals surface area contributed by atoms with Gasteiger partial charge in [-0.15, -0.1) is 12.4 Å². The largest absolute Gasteiger partial charge is 0.352 e. The maximum absolute atomic E-state index is 12.0. The Bertz CT molecular complexity index is 603. The number of nitrogens with two attached hydrogens (primary N) is 1. The molecule has 4 amide bonds. The van der Waals surface area contributed by atoms with Crippen molar-refractivity contribution >= 4 is 30.3 Å². The van der Waals surface area contributed by atoms with E-state index in [2.05, 4.69) is 16.0 Å². The number of carbonyl (C=O) groups is 3. The molecule has 2 unspecified atom stereocenters. The highest BCUT2D eigenvalue weighted by molar-refractivity contribution is 6.07. The monoisotopic (exact) mass is 340 g/mol. The summed E-state index contributed by atoms with van der Waals surface area (Å²) >= 11 is 0. The Morgan fingerprint density at radius 1 is 1.30 bits per heavy atom. The van der Waals surface area contributed by atoms with E-state index in [1.807, 2.05) is 6.92 Å². The average molecular weight is 341 g/mol. The normalized spacial score (nSPS) is 21.0. The minimum Gasteiger partial charge on any atom is -0.352 e. The van der Waals surface area contributed by atoms with Crippen LogP contribution in [0.2, 0.25) is 0 Å². The van der Waals surface area contributed by atoms with Gasteiger partial charge in [0, 0.05) is 18.2 Å². The third kappa shape index (κ3) is 4.20. The molecule has 1 aromatic carbocycles. The van der Waals surface area contributed by atoms with Crippen molar-refractivity contribution in [3.63, 3.8) is 0 Å². The van der Waals surface area contributed by atoms with E-state index in [4.69, 9.17) is 5.73 Å². The van der Waals surface area contributed by atoms with Crippen LogP contribution in [0.4, 0.5) is 4.79 Å². The van der Waals surface area contributed by atoms with Gasteiger partial charge in [0.15, 0.2) is 0 Å². The highest BCUT2D eigenvalue weighted by Gasteiger charge is 2.43. The molecule has 1 saturated heterocycles. The van der Waals surface area contributed by atoms with Crippen LogP contribution < -0.4 is 21.7 Å². The smallest absolute Gasteiger partial charge is 0.322 e. The van der Waals surface area contributed by atoms with E-state index in [0.29, 0.717) is 24.1 Å². The lowest BCUT2D eigenvalue weighted by molar-refractivity contribution is -0.123. The molecule has 1 aromatic rings. The van der Waals surface area contributed by atoms with Crippen molar-refractivity contribution in [3.05, 3.63) is 35.4 Å². The standard InChI is InChI=1S/C15H20N4O3.ClH/c1-9(16)7-8-17-12(20)10-3-5-11(6-4-10)15(2)13(21)18-14(22)19-15;/h3-6,9H,7-8,16H2,1-2H3,(H,17,20)(H2,18,19,21,22);1H. The fourth-order valence-corrected chi connectivity index (χ4v) is 2.22. The van der Waals surface area contributed by atoms with Gasteiger partial charge < -0.3 is 16.4 Å². The summed E-state index contributed by atoms with van der Waals surface area (Å²) in [7, 11) is 0. The SMILES string of the molecule is CC(N)CCNC(=O)c1ccc(C2(C)NC(=O)NC2=O)cc1.Cl. The van der Waals surface area contributed by atoms with Crippen molar-refractivity contribution in [1.29, 1.82) is 0 Å². The molecule has 23 heavy (non-hydrogen) atoms. The van der Waals surface area contributed by atoms with Crippen LogP contribution in [0.3, 0.4) is 0 Å². The Morgan fingerprint density at radius 2 is 1.91 bits per heavy atom. The molecule has 1 fully saturated rings. The Balaban J connectivity index is 0.00000264. The molecule has 0 aromatic heterocycles. The predicted octanol–water partition coefficient (Wildman–Crippen LogP) is 0.630. The molecule has 2 atom stereocenters. The van der Waals surface area contributed by atoms with Gasteiger partial charge in [-0.05, 0) is 38.0 Å². The number of urea groups is 1. The highest BCUT2D eigenvalue weighted by atomic mass is 35.5. The maximum Gasteiger partial charge on any atom is 0.322 e. The summed E-state index contributed by atoms with van der Waals surface area (Å²) in [6.07, 6.45) is 0.702. The Kier molecular flexibility index (Phi) is 6.12. The second kappa shape index (κ2) is 7.43. The lowest BCUT2D eigenvalue weighted by Crippen LogP contribution is -2.40. The van der Waals surface area contributed by atoms with E-state index in [1.165, 1.54) is 0 Å². The first-order chi connectivity index (χ1) is 10.3. The number of hydrogen-bond donors (Lipinski definition) is 4. The molecular formula is C15H21ClN4O3. The van der Waals surface area contributed by atoms with Gasteiger partial charge in [-0.1, -0.05) is 12.1 Å². The molecule has 0 spiro atoms. The van der Waals surface area contributed by atoms with Crippen LogP contribution in [0, 0.1) is 0 Å². The predicted molar refractivity (Wildman–Crippen MR) is 88.3 cm³/mol. The van der Waals surface area contributed by atoms with Crippen LogP contribution in [0.15, 0.2) is 24.3 Å². The van der Waals surface area contributed by atoms with E-state index in [1.54, 1.807) is 31.2 Å². The number of benzene rings is 1. The van der Waals surface area contributed by atoms with Crippen molar-refractivity contribution in [2.75, 3.05) is 6.54 Å². The highest BCUT2D eigenvalue weighted by Crippen LogP contribution is 2.24. The average Bonchev–Trinajstić information content (AvgIpc) is 2.72. The minimum atomic E-state index is -1.11. The molecular weight excluding hydrogens is 320 g/mol. The second-order valence-corrected chi connectivity index (χ2v) is 5.63. The maximum atomic E-state index is 12.0. The van der Waals surface area contributed by atoms with Crippen LogP contribution >= 0.6 is 12.4 Å². The van der Waals surface area contributed by atoms with E-state index in [-0.39, 0.29) is 24.4 Å². The zero-order valence-corrected chi connectivity index (χ0v) is 13.8. The van der Waals surface area contributed by atoms with Crippen molar-refractivity contribution < 1.29 is 14.4 Å². The first-order valence-electron chi connectivity index (χ1n) is 7.11. The summed E-state index contributed by atoms with van der Waals surface area (Å²) in [5.74, 6) is -0.608. The van der Waals surface area contributed by atoms with Crippen molar-refractivity contribution in [2.24, 2.45) is 5.73 Å². The number of halogens is 1. The molecule has 1 heterocycles. The van der Waals surface area contributed by atoms with Gasteiger partial charge in [0.2, 0.25) is 0 Å². The first kappa shape index (κ1) is 18.9. The van der Waals surface area contributed by atoms with E-state index in [0.717, 1.165) is 0 Å². The van der Waals surface area contributed by atoms with Crippen LogP contribution in [-0.2, 0) is 10.3 Å². The van der Waals surface area contributed by atoms with Crippen LogP contribution in [-0.4, -0.2) is 30.4 Å². The second-order valence-electron chi connectivity index (χ2n) is 5.63. The minimum absolute atomic E-state index is 0. The molecule has 5 N–H and O–H groups in total. The Labute approximate surface area is 140 Å². The molecule has 0 saturated carbocycles. The summed E-state index contributed by atoms with van der Waals surface area (Å²) in [5.41, 5.74) is 5.61. The Hall–Kier alpha value is -2.12. The van der Waals surface area contributed by atoms with Crippen LogP contribution in [0.25, 0.3) is 0 Å². The molecule has 0 radical (unpaired) electrons.